The molecule has 3 heterocycles. The Morgan fingerprint density at radius 3 is 2.90 bits per heavy atom. The first kappa shape index (κ1) is 20.3. The van der Waals surface area contributed by atoms with Crippen LogP contribution in [0.1, 0.15) is 34.7 Å². The minimum atomic E-state index is -0.305. The zero-order valence-corrected chi connectivity index (χ0v) is 17.6. The number of anilines is 1. The van der Waals surface area contributed by atoms with Crippen molar-refractivity contribution in [3.63, 3.8) is 0 Å². The summed E-state index contributed by atoms with van der Waals surface area (Å²) in [5, 5.41) is 4.91. The molecule has 3 aromatic rings. The van der Waals surface area contributed by atoms with Gasteiger partial charge in [-0.3, -0.25) is 14.5 Å². The molecule has 1 unspecified atom stereocenters. The van der Waals surface area contributed by atoms with Gasteiger partial charge in [0.15, 0.2) is 5.69 Å². The van der Waals surface area contributed by atoms with Crippen molar-refractivity contribution in [1.29, 1.82) is 0 Å². The first-order valence-electron chi connectivity index (χ1n) is 9.93. The zero-order chi connectivity index (χ0) is 21.1. The molecule has 1 aliphatic heterocycles. The van der Waals surface area contributed by atoms with Crippen LogP contribution >= 0.6 is 11.3 Å². The molecule has 1 fully saturated rings. The van der Waals surface area contributed by atoms with Crippen LogP contribution in [0.25, 0.3) is 10.8 Å². The van der Waals surface area contributed by atoms with Crippen LogP contribution in [0.5, 0.6) is 0 Å². The average Bonchev–Trinajstić information content (AvgIpc) is 3.39. The number of thiophene rings is 1. The molecule has 0 saturated carbocycles. The van der Waals surface area contributed by atoms with E-state index in [9.17, 15) is 9.59 Å². The summed E-state index contributed by atoms with van der Waals surface area (Å²) in [5.41, 5.74) is 7.48. The molecule has 1 aromatic carbocycles. The van der Waals surface area contributed by atoms with Crippen LogP contribution in [0, 0.1) is 12.8 Å². The highest BCUT2D eigenvalue weighted by Gasteiger charge is 2.25. The highest BCUT2D eigenvalue weighted by atomic mass is 32.1. The van der Waals surface area contributed by atoms with Crippen LogP contribution in [-0.4, -0.2) is 34.8 Å². The van der Waals surface area contributed by atoms with E-state index in [4.69, 9.17) is 10.2 Å². The summed E-state index contributed by atoms with van der Waals surface area (Å²) in [6, 6.07) is 11.5. The zero-order valence-electron chi connectivity index (χ0n) is 16.8. The normalized spacial score (nSPS) is 17.0. The number of aryl methyl sites for hydroxylation is 1. The number of piperidine rings is 1. The van der Waals surface area contributed by atoms with Crippen molar-refractivity contribution in [3.05, 3.63) is 58.8 Å². The van der Waals surface area contributed by atoms with Gasteiger partial charge in [-0.15, -0.1) is 11.3 Å². The van der Waals surface area contributed by atoms with E-state index in [0.717, 1.165) is 35.5 Å². The number of likely N-dealkylation sites (tertiary alicyclic amines) is 1. The predicted molar refractivity (Wildman–Crippen MR) is 116 cm³/mol. The monoisotopic (exact) mass is 424 g/mol. The number of nitrogens with one attached hydrogen (secondary N) is 1. The number of hydrogen-bond donors (Lipinski definition) is 2. The third kappa shape index (κ3) is 4.44. The second-order valence-corrected chi connectivity index (χ2v) is 8.44. The number of amides is 2. The van der Waals surface area contributed by atoms with Gasteiger partial charge in [0, 0.05) is 18.8 Å². The van der Waals surface area contributed by atoms with Gasteiger partial charge in [0.05, 0.1) is 10.8 Å². The Morgan fingerprint density at radius 2 is 2.13 bits per heavy atom. The van der Waals surface area contributed by atoms with Gasteiger partial charge < -0.3 is 15.5 Å². The molecule has 0 aliphatic carbocycles. The number of para-hydroxylation sites is 1. The van der Waals surface area contributed by atoms with Gasteiger partial charge in [-0.25, -0.2) is 4.98 Å². The van der Waals surface area contributed by atoms with Gasteiger partial charge in [-0.2, -0.15) is 0 Å². The van der Waals surface area contributed by atoms with Crippen LogP contribution in [0.15, 0.2) is 46.2 Å². The molecular formula is C22H24N4O3S. The number of benzene rings is 1. The third-order valence-corrected chi connectivity index (χ3v) is 6.17. The van der Waals surface area contributed by atoms with Crippen molar-refractivity contribution in [3.8, 4) is 10.8 Å². The highest BCUT2D eigenvalue weighted by Crippen LogP contribution is 2.27. The fourth-order valence-electron chi connectivity index (χ4n) is 3.75. The third-order valence-electron chi connectivity index (χ3n) is 5.31. The molecule has 0 radical (unpaired) electrons. The summed E-state index contributed by atoms with van der Waals surface area (Å²) in [4.78, 5) is 31.9. The lowest BCUT2D eigenvalue weighted by Gasteiger charge is -2.31. The summed E-state index contributed by atoms with van der Waals surface area (Å²) in [6.45, 7) is 3.92. The largest absolute Gasteiger partial charge is 0.440 e. The molecule has 2 amide bonds. The molecule has 2 aromatic heterocycles. The number of hydrogen-bond acceptors (Lipinski definition) is 6. The lowest BCUT2D eigenvalue weighted by Crippen LogP contribution is -2.40. The number of primary amides is 1. The van der Waals surface area contributed by atoms with Crippen molar-refractivity contribution in [2.75, 3.05) is 18.4 Å². The summed E-state index contributed by atoms with van der Waals surface area (Å²) in [6.07, 6.45) is 1.77. The number of nitrogens with two attached hydrogens (primary N) is 1. The molecule has 7 nitrogen and oxygen atoms in total. The maximum Gasteiger partial charge on any atom is 0.277 e. The highest BCUT2D eigenvalue weighted by molar-refractivity contribution is 7.13. The van der Waals surface area contributed by atoms with E-state index in [2.05, 4.69) is 15.2 Å². The molecule has 1 atom stereocenters. The van der Waals surface area contributed by atoms with E-state index >= 15 is 0 Å². The van der Waals surface area contributed by atoms with Crippen LogP contribution in [0.3, 0.4) is 0 Å². The minimum absolute atomic E-state index is 0.117. The van der Waals surface area contributed by atoms with E-state index in [0.29, 0.717) is 24.7 Å². The van der Waals surface area contributed by atoms with Crippen LogP contribution < -0.4 is 11.1 Å². The molecule has 0 spiro atoms. The van der Waals surface area contributed by atoms with Crippen LogP contribution in [0.2, 0.25) is 0 Å². The minimum Gasteiger partial charge on any atom is -0.440 e. The van der Waals surface area contributed by atoms with E-state index in [1.807, 2.05) is 41.8 Å². The van der Waals surface area contributed by atoms with Crippen molar-refractivity contribution in [1.82, 2.24) is 9.88 Å². The molecule has 1 saturated heterocycles. The second kappa shape index (κ2) is 8.81. The van der Waals surface area contributed by atoms with Gasteiger partial charge in [0.25, 0.3) is 5.91 Å². The standard InChI is InChI=1S/C22H24N4O3S/c1-14-19(25-22(29-14)18-9-5-11-30-18)21(28)24-17-8-3-2-6-15(17)12-26-10-4-7-16(13-26)20(23)27/h2-3,5-6,8-9,11,16H,4,7,10,12-13H2,1H3,(H2,23,27)(H,24,28). The van der Waals surface area contributed by atoms with Gasteiger partial charge in [0.2, 0.25) is 11.8 Å². The first-order chi connectivity index (χ1) is 14.5. The van der Waals surface area contributed by atoms with Crippen LogP contribution in [0.4, 0.5) is 5.69 Å². The molecule has 3 N–H and O–H groups in total. The fraction of sp³-hybridized carbons (Fsp3) is 0.318. The Kier molecular flexibility index (Phi) is 5.96. The van der Waals surface area contributed by atoms with E-state index in [1.54, 1.807) is 6.92 Å². The van der Waals surface area contributed by atoms with Gasteiger partial charge >= 0.3 is 0 Å². The molecule has 156 valence electrons. The Balaban J connectivity index is 1.49. The smallest absolute Gasteiger partial charge is 0.277 e. The number of oxazole rings is 1. The first-order valence-corrected chi connectivity index (χ1v) is 10.8. The average molecular weight is 425 g/mol. The molecule has 1 aliphatic rings. The quantitative estimate of drug-likeness (QED) is 0.629. The van der Waals surface area contributed by atoms with Gasteiger partial charge in [-0.05, 0) is 49.4 Å². The number of nitrogens with zero attached hydrogens (tertiary/aromatic N) is 2. The summed E-state index contributed by atoms with van der Waals surface area (Å²) < 4.78 is 5.69. The number of aromatic nitrogens is 1. The maximum atomic E-state index is 12.9. The van der Waals surface area contributed by atoms with Crippen molar-refractivity contribution in [2.45, 2.75) is 26.3 Å². The lowest BCUT2D eigenvalue weighted by molar-refractivity contribution is -0.123. The molecule has 30 heavy (non-hydrogen) atoms. The lowest BCUT2D eigenvalue weighted by atomic mass is 9.97. The Hall–Kier alpha value is -2.97. The fourth-order valence-corrected chi connectivity index (χ4v) is 4.40. The van der Waals surface area contributed by atoms with Gasteiger partial charge in [0.1, 0.15) is 5.76 Å². The van der Waals surface area contributed by atoms with Crippen molar-refractivity contribution < 1.29 is 14.0 Å². The topological polar surface area (TPSA) is 101 Å². The predicted octanol–water partition coefficient (Wildman–Crippen LogP) is 3.66. The van der Waals surface area contributed by atoms with E-state index in [1.165, 1.54) is 11.3 Å². The number of carbonyl (C=O) groups is 2. The summed E-state index contributed by atoms with van der Waals surface area (Å²) in [7, 11) is 0. The van der Waals surface area contributed by atoms with E-state index in [-0.39, 0.29) is 23.4 Å². The maximum absolute atomic E-state index is 12.9. The van der Waals surface area contributed by atoms with Crippen molar-refractivity contribution >= 4 is 28.8 Å². The molecular weight excluding hydrogens is 400 g/mol. The van der Waals surface area contributed by atoms with E-state index < -0.39 is 0 Å². The summed E-state index contributed by atoms with van der Waals surface area (Å²) >= 11 is 1.51. The SMILES string of the molecule is Cc1oc(-c2cccs2)nc1C(=O)Nc1ccccc1CN1CCCC(C(N)=O)C1. The Labute approximate surface area is 178 Å². The second-order valence-electron chi connectivity index (χ2n) is 7.49. The van der Waals surface area contributed by atoms with Gasteiger partial charge in [-0.1, -0.05) is 24.3 Å². The molecule has 8 heteroatoms. The number of rotatable bonds is 6. The Bertz CT molecular complexity index is 1040. The molecule has 0 bridgehead atoms. The van der Waals surface area contributed by atoms with Crippen molar-refractivity contribution in [2.24, 2.45) is 11.7 Å². The summed E-state index contributed by atoms with van der Waals surface area (Å²) in [5.74, 6) is 0.263. The number of carbonyl (C=O) groups excluding carboxylic acids is 2. The Morgan fingerprint density at radius 1 is 1.30 bits per heavy atom. The van der Waals surface area contributed by atoms with Crippen LogP contribution in [-0.2, 0) is 11.3 Å². The molecule has 4 rings (SSSR count).